The van der Waals surface area contributed by atoms with Gasteiger partial charge in [0.05, 0.1) is 5.69 Å². The lowest BCUT2D eigenvalue weighted by Crippen LogP contribution is -2.19. The van der Waals surface area contributed by atoms with Crippen LogP contribution in [-0.2, 0) is 0 Å². The van der Waals surface area contributed by atoms with Crippen molar-refractivity contribution in [2.75, 3.05) is 5.32 Å². The van der Waals surface area contributed by atoms with E-state index < -0.39 is 6.03 Å². The number of primary amides is 1. The van der Waals surface area contributed by atoms with Crippen LogP contribution in [-0.4, -0.2) is 6.03 Å². The predicted molar refractivity (Wildman–Crippen MR) is 79.8 cm³/mol. The van der Waals surface area contributed by atoms with E-state index in [1.54, 1.807) is 6.07 Å². The zero-order chi connectivity index (χ0) is 13.7. The van der Waals surface area contributed by atoms with Gasteiger partial charge in [-0.15, -0.1) is 0 Å². The zero-order valence-corrected chi connectivity index (χ0v) is 11.6. The SMILES string of the molecule is NC(=O)Nc1ccccc1C#Cc1ccc(Br)cc1. The molecule has 3 nitrogen and oxygen atoms in total. The molecule has 0 bridgehead atoms. The lowest BCUT2D eigenvalue weighted by atomic mass is 10.1. The summed E-state index contributed by atoms with van der Waals surface area (Å²) in [6.45, 7) is 0. The molecule has 0 aliphatic heterocycles. The summed E-state index contributed by atoms with van der Waals surface area (Å²) < 4.78 is 1.01. The van der Waals surface area contributed by atoms with Gasteiger partial charge in [-0.3, -0.25) is 0 Å². The van der Waals surface area contributed by atoms with Gasteiger partial charge in [0, 0.05) is 15.6 Å². The molecule has 2 aromatic rings. The van der Waals surface area contributed by atoms with Gasteiger partial charge in [-0.25, -0.2) is 4.79 Å². The van der Waals surface area contributed by atoms with Gasteiger partial charge in [0.25, 0.3) is 0 Å². The highest BCUT2D eigenvalue weighted by molar-refractivity contribution is 9.10. The number of carbonyl (C=O) groups excluding carboxylic acids is 1. The molecule has 0 aromatic heterocycles. The molecule has 4 heteroatoms. The Hall–Kier alpha value is -2.25. The van der Waals surface area contributed by atoms with Gasteiger partial charge in [-0.2, -0.15) is 0 Å². The summed E-state index contributed by atoms with van der Waals surface area (Å²) in [6.07, 6.45) is 0. The van der Waals surface area contributed by atoms with Gasteiger partial charge in [0.1, 0.15) is 0 Å². The molecule has 2 aromatic carbocycles. The zero-order valence-electron chi connectivity index (χ0n) is 9.98. The number of para-hydroxylation sites is 1. The van der Waals surface area contributed by atoms with Crippen molar-refractivity contribution in [3.8, 4) is 11.8 Å². The minimum Gasteiger partial charge on any atom is -0.351 e. The maximum Gasteiger partial charge on any atom is 0.316 e. The number of nitrogens with one attached hydrogen (secondary N) is 1. The van der Waals surface area contributed by atoms with Crippen LogP contribution < -0.4 is 11.1 Å². The van der Waals surface area contributed by atoms with Crippen LogP contribution in [0.5, 0.6) is 0 Å². The third-order valence-corrected chi connectivity index (χ3v) is 2.90. The minimum atomic E-state index is -0.599. The predicted octanol–water partition coefficient (Wildman–Crippen LogP) is 3.34. The van der Waals surface area contributed by atoms with E-state index in [-0.39, 0.29) is 0 Å². The molecule has 0 heterocycles. The standard InChI is InChI=1S/C15H11BrN2O/c16-13-9-6-11(7-10-13)5-8-12-3-1-2-4-14(12)18-15(17)19/h1-4,6-7,9-10H,(H3,17,18,19). The van der Waals surface area contributed by atoms with Crippen molar-refractivity contribution in [2.24, 2.45) is 5.73 Å². The van der Waals surface area contributed by atoms with E-state index in [9.17, 15) is 4.79 Å². The Labute approximate surface area is 120 Å². The Morgan fingerprint density at radius 1 is 1.05 bits per heavy atom. The second kappa shape index (κ2) is 6.07. The highest BCUT2D eigenvalue weighted by atomic mass is 79.9. The van der Waals surface area contributed by atoms with Gasteiger partial charge in [-0.05, 0) is 36.4 Å². The summed E-state index contributed by atoms with van der Waals surface area (Å²) in [5, 5.41) is 2.55. The Bertz CT molecular complexity index is 654. The summed E-state index contributed by atoms with van der Waals surface area (Å²) in [7, 11) is 0. The summed E-state index contributed by atoms with van der Waals surface area (Å²) >= 11 is 3.37. The smallest absolute Gasteiger partial charge is 0.316 e. The summed E-state index contributed by atoms with van der Waals surface area (Å²) in [6, 6.07) is 14.4. The first-order chi connectivity index (χ1) is 9.15. The average Bonchev–Trinajstić information content (AvgIpc) is 2.39. The van der Waals surface area contributed by atoms with Crippen molar-refractivity contribution in [1.82, 2.24) is 0 Å². The van der Waals surface area contributed by atoms with Gasteiger partial charge < -0.3 is 11.1 Å². The average molecular weight is 315 g/mol. The Balaban J connectivity index is 2.29. The van der Waals surface area contributed by atoms with Crippen LogP contribution in [0, 0.1) is 11.8 Å². The number of urea groups is 1. The third-order valence-electron chi connectivity index (χ3n) is 2.37. The number of hydrogen-bond donors (Lipinski definition) is 2. The lowest BCUT2D eigenvalue weighted by molar-refractivity contribution is 0.259. The fourth-order valence-corrected chi connectivity index (χ4v) is 1.77. The van der Waals surface area contributed by atoms with Crippen LogP contribution in [0.4, 0.5) is 10.5 Å². The molecule has 0 aliphatic carbocycles. The van der Waals surface area contributed by atoms with Crippen LogP contribution in [0.3, 0.4) is 0 Å². The second-order valence-electron chi connectivity index (χ2n) is 3.79. The number of rotatable bonds is 1. The van der Waals surface area contributed by atoms with Crippen molar-refractivity contribution < 1.29 is 4.79 Å². The second-order valence-corrected chi connectivity index (χ2v) is 4.71. The summed E-state index contributed by atoms with van der Waals surface area (Å²) in [5.74, 6) is 6.06. The molecule has 0 radical (unpaired) electrons. The topological polar surface area (TPSA) is 55.1 Å². The summed E-state index contributed by atoms with van der Waals surface area (Å²) in [5.41, 5.74) is 7.35. The molecular formula is C15H11BrN2O. The first kappa shape index (κ1) is 13.2. The Morgan fingerprint density at radius 3 is 2.42 bits per heavy atom. The fourth-order valence-electron chi connectivity index (χ4n) is 1.51. The van der Waals surface area contributed by atoms with Gasteiger partial charge in [0.2, 0.25) is 0 Å². The third kappa shape index (κ3) is 3.87. The normalized spacial score (nSPS) is 9.32. The molecule has 2 amide bonds. The number of carbonyl (C=O) groups is 1. The molecule has 0 aliphatic rings. The van der Waals surface area contributed by atoms with E-state index in [1.165, 1.54) is 0 Å². The lowest BCUT2D eigenvalue weighted by Gasteiger charge is -2.03. The van der Waals surface area contributed by atoms with E-state index in [1.807, 2.05) is 42.5 Å². The van der Waals surface area contributed by atoms with Crippen LogP contribution in [0.2, 0.25) is 0 Å². The molecule has 2 rings (SSSR count). The number of benzene rings is 2. The quantitative estimate of drug-likeness (QED) is 0.779. The van der Waals surface area contributed by atoms with E-state index in [0.29, 0.717) is 5.69 Å². The van der Waals surface area contributed by atoms with Gasteiger partial charge >= 0.3 is 6.03 Å². The molecule has 3 N–H and O–H groups in total. The molecular weight excluding hydrogens is 304 g/mol. The number of halogens is 1. The van der Waals surface area contributed by atoms with E-state index in [2.05, 4.69) is 33.1 Å². The van der Waals surface area contributed by atoms with Crippen LogP contribution in [0.15, 0.2) is 53.0 Å². The van der Waals surface area contributed by atoms with E-state index in [4.69, 9.17) is 5.73 Å². The highest BCUT2D eigenvalue weighted by Gasteiger charge is 2.00. The fraction of sp³-hybridized carbons (Fsp3) is 0. The van der Waals surface area contributed by atoms with Gasteiger partial charge in [-0.1, -0.05) is 39.9 Å². The molecule has 0 saturated carbocycles. The number of hydrogen-bond acceptors (Lipinski definition) is 1. The molecule has 0 fully saturated rings. The molecule has 0 atom stereocenters. The van der Waals surface area contributed by atoms with E-state index in [0.717, 1.165) is 15.6 Å². The minimum absolute atomic E-state index is 0.599. The molecule has 19 heavy (non-hydrogen) atoms. The van der Waals surface area contributed by atoms with Crippen molar-refractivity contribution >= 4 is 27.6 Å². The maximum absolute atomic E-state index is 10.9. The largest absolute Gasteiger partial charge is 0.351 e. The number of amides is 2. The van der Waals surface area contributed by atoms with Crippen molar-refractivity contribution in [3.63, 3.8) is 0 Å². The van der Waals surface area contributed by atoms with Crippen molar-refractivity contribution in [1.29, 1.82) is 0 Å². The molecule has 0 unspecified atom stereocenters. The first-order valence-electron chi connectivity index (χ1n) is 5.58. The Kier molecular flexibility index (Phi) is 4.22. The van der Waals surface area contributed by atoms with Crippen molar-refractivity contribution in [3.05, 3.63) is 64.1 Å². The van der Waals surface area contributed by atoms with E-state index >= 15 is 0 Å². The monoisotopic (exact) mass is 314 g/mol. The summed E-state index contributed by atoms with van der Waals surface area (Å²) in [4.78, 5) is 10.9. The van der Waals surface area contributed by atoms with Gasteiger partial charge in [0.15, 0.2) is 0 Å². The maximum atomic E-state index is 10.9. The van der Waals surface area contributed by atoms with Crippen LogP contribution in [0.1, 0.15) is 11.1 Å². The first-order valence-corrected chi connectivity index (χ1v) is 6.37. The number of anilines is 1. The molecule has 0 saturated heterocycles. The van der Waals surface area contributed by atoms with Crippen LogP contribution in [0.25, 0.3) is 0 Å². The molecule has 94 valence electrons. The van der Waals surface area contributed by atoms with Crippen molar-refractivity contribution in [2.45, 2.75) is 0 Å². The Morgan fingerprint density at radius 2 is 1.74 bits per heavy atom. The molecule has 0 spiro atoms. The van der Waals surface area contributed by atoms with Crippen LogP contribution >= 0.6 is 15.9 Å². The number of nitrogens with two attached hydrogens (primary N) is 1. The highest BCUT2D eigenvalue weighted by Crippen LogP contribution is 2.14.